The molecule has 0 atom stereocenters. The van der Waals surface area contributed by atoms with Crippen molar-refractivity contribution < 1.29 is 9.59 Å². The number of hydrogen-bond acceptors (Lipinski definition) is 5. The second-order valence-corrected chi connectivity index (χ2v) is 9.77. The number of amides is 3. The van der Waals surface area contributed by atoms with Crippen molar-refractivity contribution in [3.8, 4) is 0 Å². The lowest BCUT2D eigenvalue weighted by molar-refractivity contribution is 0.102. The number of aromatic nitrogens is 2. The molecule has 194 valence electrons. The maximum absolute atomic E-state index is 13.1. The van der Waals surface area contributed by atoms with E-state index in [0.29, 0.717) is 24.5 Å². The number of anilines is 3. The fourth-order valence-corrected chi connectivity index (χ4v) is 5.04. The van der Waals surface area contributed by atoms with Crippen molar-refractivity contribution >= 4 is 29.1 Å². The first-order valence-electron chi connectivity index (χ1n) is 13.0. The van der Waals surface area contributed by atoms with Gasteiger partial charge in [0.05, 0.1) is 18.8 Å². The van der Waals surface area contributed by atoms with Gasteiger partial charge < -0.3 is 25.3 Å². The molecule has 2 aliphatic heterocycles. The molecule has 9 heteroatoms. The number of nitrogens with zero attached hydrogens (tertiary/aromatic N) is 4. The third kappa shape index (κ3) is 5.17. The van der Waals surface area contributed by atoms with E-state index in [9.17, 15) is 9.59 Å². The fourth-order valence-electron chi connectivity index (χ4n) is 5.04. The topological polar surface area (TPSA) is 96.6 Å². The Balaban J connectivity index is 1.22. The summed E-state index contributed by atoms with van der Waals surface area (Å²) in [6.45, 7) is 9.01. The third-order valence-electron chi connectivity index (χ3n) is 7.40. The van der Waals surface area contributed by atoms with Crippen molar-refractivity contribution in [1.82, 2.24) is 20.0 Å². The van der Waals surface area contributed by atoms with Crippen LogP contribution in [0.3, 0.4) is 0 Å². The molecular weight excluding hydrogens is 466 g/mol. The number of aromatic amines is 1. The van der Waals surface area contributed by atoms with Crippen LogP contribution in [0, 0.1) is 0 Å². The molecule has 0 unspecified atom stereocenters. The molecule has 0 saturated carbocycles. The van der Waals surface area contributed by atoms with Crippen LogP contribution in [-0.4, -0.2) is 65.2 Å². The summed E-state index contributed by atoms with van der Waals surface area (Å²) in [4.78, 5) is 32.5. The Labute approximate surface area is 217 Å². The van der Waals surface area contributed by atoms with Crippen molar-refractivity contribution in [3.63, 3.8) is 0 Å². The van der Waals surface area contributed by atoms with Gasteiger partial charge in [0.25, 0.3) is 5.91 Å². The zero-order valence-electron chi connectivity index (χ0n) is 21.8. The zero-order valence-corrected chi connectivity index (χ0v) is 21.8. The summed E-state index contributed by atoms with van der Waals surface area (Å²) in [5.74, 6) is 0.258. The average Bonchev–Trinajstić information content (AvgIpc) is 3.51. The predicted molar refractivity (Wildman–Crippen MR) is 146 cm³/mol. The van der Waals surface area contributed by atoms with E-state index < -0.39 is 0 Å². The Kier molecular flexibility index (Phi) is 7.14. The van der Waals surface area contributed by atoms with Gasteiger partial charge in [-0.2, -0.15) is 5.10 Å². The number of hydrogen-bond donors (Lipinski definition) is 3. The number of benzene rings is 2. The van der Waals surface area contributed by atoms with Crippen molar-refractivity contribution in [1.29, 1.82) is 0 Å². The molecule has 2 aliphatic rings. The molecule has 3 heterocycles. The molecule has 3 N–H and O–H groups in total. The number of rotatable bonds is 6. The molecule has 0 radical (unpaired) electrons. The molecule has 3 amide bonds. The molecule has 0 aliphatic carbocycles. The van der Waals surface area contributed by atoms with Gasteiger partial charge in [0.15, 0.2) is 5.82 Å². The zero-order chi connectivity index (χ0) is 25.9. The van der Waals surface area contributed by atoms with Crippen LogP contribution in [0.5, 0.6) is 0 Å². The van der Waals surface area contributed by atoms with E-state index >= 15 is 0 Å². The number of carbonyl (C=O) groups is 2. The lowest BCUT2D eigenvalue weighted by Gasteiger charge is -2.34. The maximum atomic E-state index is 13.1. The maximum Gasteiger partial charge on any atom is 0.322 e. The summed E-state index contributed by atoms with van der Waals surface area (Å²) in [7, 11) is 2.13. The Morgan fingerprint density at radius 1 is 0.919 bits per heavy atom. The smallest absolute Gasteiger partial charge is 0.322 e. The molecular formula is C28H35N7O2. The Hall–Kier alpha value is -3.85. The van der Waals surface area contributed by atoms with Gasteiger partial charge in [-0.1, -0.05) is 32.0 Å². The molecule has 3 aromatic rings. The van der Waals surface area contributed by atoms with Crippen molar-refractivity contribution in [2.24, 2.45) is 0 Å². The van der Waals surface area contributed by atoms with Gasteiger partial charge in [0.1, 0.15) is 0 Å². The molecule has 1 aromatic heterocycles. The molecule has 0 bridgehead atoms. The van der Waals surface area contributed by atoms with E-state index in [1.165, 1.54) is 0 Å². The summed E-state index contributed by atoms with van der Waals surface area (Å²) < 4.78 is 0. The van der Waals surface area contributed by atoms with Gasteiger partial charge in [0.2, 0.25) is 0 Å². The van der Waals surface area contributed by atoms with Crippen LogP contribution in [0.2, 0.25) is 0 Å². The van der Waals surface area contributed by atoms with Gasteiger partial charge in [-0.05, 0) is 55.3 Å². The van der Waals surface area contributed by atoms with Gasteiger partial charge in [-0.15, -0.1) is 0 Å². The fraction of sp³-hybridized carbons (Fsp3) is 0.393. The number of urea groups is 1. The monoisotopic (exact) mass is 501 g/mol. The van der Waals surface area contributed by atoms with Gasteiger partial charge >= 0.3 is 6.03 Å². The standard InChI is InChI=1S/C28H35N7O2/c1-4-19-7-6-8-20(5-2)25(19)29-28(37)35-17-23-24(18-35)31-32-26(23)30-27(36)21-9-11-22(12-10-21)34-15-13-33(3)14-16-34/h6-12H,4-5,13-18H2,1-3H3,(H,29,37)(H2,30,31,32,36). The van der Waals surface area contributed by atoms with Crippen LogP contribution >= 0.6 is 0 Å². The predicted octanol–water partition coefficient (Wildman–Crippen LogP) is 4.09. The van der Waals surface area contributed by atoms with E-state index in [1.54, 1.807) is 4.90 Å². The first-order chi connectivity index (χ1) is 18.0. The Bertz CT molecular complexity index is 1250. The second kappa shape index (κ2) is 10.6. The van der Waals surface area contributed by atoms with E-state index in [0.717, 1.165) is 72.8 Å². The van der Waals surface area contributed by atoms with E-state index in [4.69, 9.17) is 0 Å². The number of likely N-dealkylation sites (N-methyl/N-ethyl adjacent to an activating group) is 1. The second-order valence-electron chi connectivity index (χ2n) is 9.77. The minimum Gasteiger partial charge on any atom is -0.369 e. The Morgan fingerprint density at radius 3 is 2.24 bits per heavy atom. The normalized spacial score (nSPS) is 15.5. The summed E-state index contributed by atoms with van der Waals surface area (Å²) in [5, 5.41) is 13.4. The molecule has 1 saturated heterocycles. The highest BCUT2D eigenvalue weighted by atomic mass is 16.2. The van der Waals surface area contributed by atoms with Crippen LogP contribution in [0.15, 0.2) is 42.5 Å². The molecule has 2 aromatic carbocycles. The molecule has 1 fully saturated rings. The summed E-state index contributed by atoms with van der Waals surface area (Å²) in [6.07, 6.45) is 1.69. The van der Waals surface area contributed by atoms with E-state index in [-0.39, 0.29) is 11.9 Å². The first kappa shape index (κ1) is 24.8. The van der Waals surface area contributed by atoms with Gasteiger partial charge in [-0.25, -0.2) is 4.79 Å². The summed E-state index contributed by atoms with van der Waals surface area (Å²) in [6, 6.07) is 13.7. The summed E-state index contributed by atoms with van der Waals surface area (Å²) in [5.41, 5.74) is 6.54. The van der Waals surface area contributed by atoms with Crippen molar-refractivity contribution in [2.75, 3.05) is 48.8 Å². The lowest BCUT2D eigenvalue weighted by Crippen LogP contribution is -2.44. The van der Waals surface area contributed by atoms with E-state index in [1.807, 2.05) is 30.3 Å². The highest BCUT2D eigenvalue weighted by Gasteiger charge is 2.29. The highest BCUT2D eigenvalue weighted by Crippen LogP contribution is 2.29. The summed E-state index contributed by atoms with van der Waals surface area (Å²) >= 11 is 0. The van der Waals surface area contributed by atoms with Crippen LogP contribution in [-0.2, 0) is 25.9 Å². The molecule has 5 rings (SSSR count). The van der Waals surface area contributed by atoms with Crippen LogP contribution in [0.1, 0.15) is 46.6 Å². The number of H-pyrrole nitrogens is 1. The number of nitrogens with one attached hydrogen (secondary N) is 3. The van der Waals surface area contributed by atoms with E-state index in [2.05, 4.69) is 63.7 Å². The van der Waals surface area contributed by atoms with Crippen LogP contribution in [0.4, 0.5) is 22.0 Å². The highest BCUT2D eigenvalue weighted by molar-refractivity contribution is 6.04. The largest absolute Gasteiger partial charge is 0.369 e. The molecule has 0 spiro atoms. The SMILES string of the molecule is CCc1cccc(CC)c1NC(=O)N1Cc2[nH]nc(NC(=O)c3ccc(N4CCN(C)CC4)cc3)c2C1. The van der Waals surface area contributed by atoms with Gasteiger partial charge in [-0.3, -0.25) is 9.89 Å². The number of piperazine rings is 1. The minimum absolute atomic E-state index is 0.156. The molecule has 37 heavy (non-hydrogen) atoms. The van der Waals surface area contributed by atoms with Crippen molar-refractivity contribution in [2.45, 2.75) is 39.8 Å². The van der Waals surface area contributed by atoms with Crippen LogP contribution < -0.4 is 15.5 Å². The third-order valence-corrected chi connectivity index (χ3v) is 7.40. The van der Waals surface area contributed by atoms with Gasteiger partial charge in [0, 0.05) is 48.7 Å². The number of carbonyl (C=O) groups excluding carboxylic acids is 2. The van der Waals surface area contributed by atoms with Crippen LogP contribution in [0.25, 0.3) is 0 Å². The number of aryl methyl sites for hydroxylation is 2. The lowest BCUT2D eigenvalue weighted by atomic mass is 10.0. The Morgan fingerprint density at radius 2 is 1.59 bits per heavy atom. The number of para-hydroxylation sites is 1. The average molecular weight is 502 g/mol. The first-order valence-corrected chi connectivity index (χ1v) is 13.0. The minimum atomic E-state index is -0.216. The molecule has 9 nitrogen and oxygen atoms in total. The quantitative estimate of drug-likeness (QED) is 0.473. The van der Waals surface area contributed by atoms with Crippen molar-refractivity contribution in [3.05, 3.63) is 70.4 Å². The number of fused-ring (bicyclic) bond motifs is 1.